The highest BCUT2D eigenvalue weighted by Gasteiger charge is 2.51. The smallest absolute Gasteiger partial charge is 0.461 e. The summed E-state index contributed by atoms with van der Waals surface area (Å²) in [7, 11) is -0.604. The number of carbonyl (C=O) groups is 1. The van der Waals surface area contributed by atoms with E-state index in [4.69, 9.17) is 14.0 Å². The summed E-state index contributed by atoms with van der Waals surface area (Å²) in [6.45, 7) is 8.98. The lowest BCUT2D eigenvalue weighted by molar-refractivity contribution is -0.142. The monoisotopic (exact) mass is 294 g/mol. The fraction of sp³-hybridized carbons (Fsp3) is 0.533. The van der Waals surface area contributed by atoms with E-state index in [9.17, 15) is 9.18 Å². The van der Waals surface area contributed by atoms with Gasteiger partial charge in [-0.2, -0.15) is 0 Å². The van der Waals surface area contributed by atoms with E-state index in [1.165, 1.54) is 13.0 Å². The molecule has 6 heteroatoms. The van der Waals surface area contributed by atoms with Gasteiger partial charge in [-0.3, -0.25) is 4.79 Å². The van der Waals surface area contributed by atoms with Crippen LogP contribution >= 0.6 is 0 Å². The van der Waals surface area contributed by atoms with Crippen molar-refractivity contribution in [2.24, 2.45) is 0 Å². The second-order valence-electron chi connectivity index (χ2n) is 6.22. The second kappa shape index (κ2) is 5.42. The molecule has 0 saturated carbocycles. The number of hydrogen-bond donors (Lipinski definition) is 0. The number of rotatable bonds is 3. The number of carbonyl (C=O) groups excluding carboxylic acids is 1. The topological polar surface area (TPSA) is 44.8 Å². The first-order valence-electron chi connectivity index (χ1n) is 6.90. The Morgan fingerprint density at radius 1 is 1.24 bits per heavy atom. The third-order valence-corrected chi connectivity index (χ3v) is 4.03. The maximum Gasteiger partial charge on any atom is 0.494 e. The van der Waals surface area contributed by atoms with Gasteiger partial charge in [0.2, 0.25) is 0 Å². The molecular weight excluding hydrogens is 274 g/mol. The number of hydrogen-bond acceptors (Lipinski definition) is 4. The summed E-state index contributed by atoms with van der Waals surface area (Å²) in [5.41, 5.74) is -0.00189. The normalized spacial score (nSPS) is 19.6. The highest BCUT2D eigenvalue weighted by atomic mass is 19.1. The van der Waals surface area contributed by atoms with E-state index >= 15 is 0 Å². The molecular formula is C15H20BFO4. The van der Waals surface area contributed by atoms with Crippen molar-refractivity contribution in [1.82, 2.24) is 0 Å². The standard InChI is InChI=1S/C15H20BFO4/c1-10(18)19-9-11-6-7-12(8-13(11)17)16-20-14(2,3)15(4,5)21-16/h6-8H,9H2,1-5H3. The average molecular weight is 294 g/mol. The predicted octanol–water partition coefficient (Wildman–Crippen LogP) is 2.19. The molecule has 0 spiro atoms. The van der Waals surface area contributed by atoms with Gasteiger partial charge in [0.25, 0.3) is 0 Å². The molecule has 1 saturated heterocycles. The first kappa shape index (κ1) is 16.0. The Morgan fingerprint density at radius 2 is 1.81 bits per heavy atom. The van der Waals surface area contributed by atoms with Crippen molar-refractivity contribution < 1.29 is 23.2 Å². The summed E-state index contributed by atoms with van der Waals surface area (Å²) in [5.74, 6) is -0.882. The number of ether oxygens (including phenoxy) is 1. The molecule has 114 valence electrons. The Morgan fingerprint density at radius 3 is 2.29 bits per heavy atom. The fourth-order valence-electron chi connectivity index (χ4n) is 1.99. The van der Waals surface area contributed by atoms with E-state index in [1.54, 1.807) is 12.1 Å². The lowest BCUT2D eigenvalue weighted by Crippen LogP contribution is -2.41. The number of benzene rings is 1. The molecule has 1 aliphatic rings. The average Bonchev–Trinajstić information content (AvgIpc) is 2.56. The highest BCUT2D eigenvalue weighted by molar-refractivity contribution is 6.62. The molecule has 1 heterocycles. The van der Waals surface area contributed by atoms with Crippen LogP contribution in [-0.2, 0) is 25.4 Å². The molecule has 1 fully saturated rings. The van der Waals surface area contributed by atoms with Crippen LogP contribution in [0.3, 0.4) is 0 Å². The molecule has 0 radical (unpaired) electrons. The molecule has 0 N–H and O–H groups in total. The van der Waals surface area contributed by atoms with Crippen LogP contribution in [0.1, 0.15) is 40.2 Å². The zero-order valence-electron chi connectivity index (χ0n) is 13.0. The van der Waals surface area contributed by atoms with E-state index in [0.29, 0.717) is 11.0 Å². The van der Waals surface area contributed by atoms with E-state index in [1.807, 2.05) is 27.7 Å². The summed E-state index contributed by atoms with van der Waals surface area (Å²) < 4.78 is 30.6. The Bertz CT molecular complexity index is 541. The van der Waals surface area contributed by atoms with Gasteiger partial charge in [0, 0.05) is 12.5 Å². The molecule has 0 unspecified atom stereocenters. The fourth-order valence-corrected chi connectivity index (χ4v) is 1.99. The van der Waals surface area contributed by atoms with Crippen molar-refractivity contribution in [3.8, 4) is 0 Å². The van der Waals surface area contributed by atoms with Crippen molar-refractivity contribution in [2.75, 3.05) is 0 Å². The molecule has 0 amide bonds. The summed E-state index contributed by atoms with van der Waals surface area (Å²) in [6.07, 6.45) is 0. The highest BCUT2D eigenvalue weighted by Crippen LogP contribution is 2.36. The van der Waals surface area contributed by atoms with Crippen LogP contribution < -0.4 is 5.46 Å². The van der Waals surface area contributed by atoms with Gasteiger partial charge < -0.3 is 14.0 Å². The molecule has 0 aliphatic carbocycles. The van der Waals surface area contributed by atoms with Gasteiger partial charge >= 0.3 is 13.1 Å². The first-order chi connectivity index (χ1) is 9.62. The molecule has 0 atom stereocenters. The zero-order valence-corrected chi connectivity index (χ0v) is 13.0. The minimum absolute atomic E-state index is 0.0786. The summed E-state index contributed by atoms with van der Waals surface area (Å²) in [4.78, 5) is 10.8. The maximum absolute atomic E-state index is 14.0. The molecule has 21 heavy (non-hydrogen) atoms. The molecule has 4 nitrogen and oxygen atoms in total. The predicted molar refractivity (Wildman–Crippen MR) is 77.6 cm³/mol. The van der Waals surface area contributed by atoms with Gasteiger partial charge in [0.15, 0.2) is 0 Å². The van der Waals surface area contributed by atoms with Crippen LogP contribution in [0, 0.1) is 5.82 Å². The summed E-state index contributed by atoms with van der Waals surface area (Å²) >= 11 is 0. The molecule has 0 aromatic heterocycles. The third-order valence-electron chi connectivity index (χ3n) is 4.03. The largest absolute Gasteiger partial charge is 0.494 e. The van der Waals surface area contributed by atoms with Crippen LogP contribution in [0.4, 0.5) is 4.39 Å². The van der Waals surface area contributed by atoms with Crippen LogP contribution in [0.2, 0.25) is 0 Å². The quantitative estimate of drug-likeness (QED) is 0.633. The van der Waals surface area contributed by atoms with E-state index in [-0.39, 0.29) is 6.61 Å². The van der Waals surface area contributed by atoms with Crippen molar-refractivity contribution >= 4 is 18.6 Å². The summed E-state index contributed by atoms with van der Waals surface area (Å²) in [6, 6.07) is 4.67. The molecule has 0 bridgehead atoms. The van der Waals surface area contributed by atoms with Crippen molar-refractivity contribution in [3.63, 3.8) is 0 Å². The molecule has 1 aromatic carbocycles. The van der Waals surface area contributed by atoms with Crippen LogP contribution in [0.15, 0.2) is 18.2 Å². The lowest BCUT2D eigenvalue weighted by atomic mass is 9.79. The zero-order chi connectivity index (χ0) is 15.8. The molecule has 1 aromatic rings. The SMILES string of the molecule is CC(=O)OCc1ccc(B2OC(C)(C)C(C)(C)O2)cc1F. The third kappa shape index (κ3) is 3.27. The van der Waals surface area contributed by atoms with Crippen molar-refractivity contribution in [3.05, 3.63) is 29.6 Å². The van der Waals surface area contributed by atoms with Gasteiger partial charge in [-0.05, 0) is 39.2 Å². The Balaban J connectivity index is 2.16. The molecule has 2 rings (SSSR count). The minimum Gasteiger partial charge on any atom is -0.461 e. The van der Waals surface area contributed by atoms with Crippen LogP contribution in [-0.4, -0.2) is 24.3 Å². The summed E-state index contributed by atoms with van der Waals surface area (Å²) in [5, 5.41) is 0. The molecule has 1 aliphatic heterocycles. The first-order valence-corrected chi connectivity index (χ1v) is 6.90. The van der Waals surface area contributed by atoms with Gasteiger partial charge in [0.1, 0.15) is 12.4 Å². The van der Waals surface area contributed by atoms with Gasteiger partial charge in [-0.15, -0.1) is 0 Å². The van der Waals surface area contributed by atoms with Gasteiger partial charge in [-0.1, -0.05) is 12.1 Å². The number of halogens is 1. The van der Waals surface area contributed by atoms with Crippen molar-refractivity contribution in [2.45, 2.75) is 52.4 Å². The van der Waals surface area contributed by atoms with E-state index in [0.717, 1.165) is 0 Å². The number of esters is 1. The Hall–Kier alpha value is -1.40. The maximum atomic E-state index is 14.0. The second-order valence-corrected chi connectivity index (χ2v) is 6.22. The Labute approximate surface area is 124 Å². The van der Waals surface area contributed by atoms with E-state index in [2.05, 4.69) is 0 Å². The van der Waals surface area contributed by atoms with Crippen molar-refractivity contribution in [1.29, 1.82) is 0 Å². The van der Waals surface area contributed by atoms with Crippen LogP contribution in [0.25, 0.3) is 0 Å². The van der Waals surface area contributed by atoms with Crippen LogP contribution in [0.5, 0.6) is 0 Å². The minimum atomic E-state index is -0.604. The van der Waals surface area contributed by atoms with E-state index < -0.39 is 30.1 Å². The van der Waals surface area contributed by atoms with Gasteiger partial charge in [0.05, 0.1) is 11.2 Å². The Kier molecular flexibility index (Phi) is 4.13. The van der Waals surface area contributed by atoms with Gasteiger partial charge in [-0.25, -0.2) is 4.39 Å². The lowest BCUT2D eigenvalue weighted by Gasteiger charge is -2.32.